The van der Waals surface area contributed by atoms with Crippen molar-refractivity contribution in [3.63, 3.8) is 0 Å². The molecule has 21 heavy (non-hydrogen) atoms. The normalized spacial score (nSPS) is 16.8. The molecule has 1 saturated carbocycles. The molecule has 0 atom stereocenters. The van der Waals surface area contributed by atoms with Crippen molar-refractivity contribution in [2.75, 3.05) is 13.2 Å². The van der Waals surface area contributed by atoms with Gasteiger partial charge in [-0.25, -0.2) is 0 Å². The van der Waals surface area contributed by atoms with Crippen molar-refractivity contribution in [1.82, 2.24) is 0 Å². The summed E-state index contributed by atoms with van der Waals surface area (Å²) in [6.45, 7) is 7.05. The molecule has 2 rings (SSSR count). The highest BCUT2D eigenvalue weighted by Gasteiger charge is 2.37. The molecule has 0 heterocycles. The highest BCUT2D eigenvalue weighted by atomic mass is 79.9. The first-order valence-corrected chi connectivity index (χ1v) is 8.45. The van der Waals surface area contributed by atoms with E-state index in [1.165, 1.54) is 0 Å². The standard InChI is InChI=1S/C17H23BrO3/c1-4-20-14-10-12(13(18)11-15(14)21-5-2)16(19)17(3)8-6-7-9-17/h10-11H,4-9H2,1-3H3. The Bertz CT molecular complexity index is 519. The number of carbonyl (C=O) groups is 1. The largest absolute Gasteiger partial charge is 0.490 e. The van der Waals surface area contributed by atoms with Crippen LogP contribution in [0.5, 0.6) is 11.5 Å². The molecule has 1 aliphatic rings. The molecule has 1 fully saturated rings. The van der Waals surface area contributed by atoms with Crippen LogP contribution in [0.1, 0.15) is 56.8 Å². The van der Waals surface area contributed by atoms with Crippen molar-refractivity contribution in [3.8, 4) is 11.5 Å². The molecular formula is C17H23BrO3. The summed E-state index contributed by atoms with van der Waals surface area (Å²) in [5.74, 6) is 1.53. The van der Waals surface area contributed by atoms with Crippen LogP contribution in [-0.4, -0.2) is 19.0 Å². The van der Waals surface area contributed by atoms with Crippen molar-refractivity contribution in [2.45, 2.75) is 46.5 Å². The minimum absolute atomic E-state index is 0.205. The molecule has 0 spiro atoms. The third-order valence-electron chi connectivity index (χ3n) is 4.13. The third-order valence-corrected chi connectivity index (χ3v) is 4.79. The Labute approximate surface area is 135 Å². The van der Waals surface area contributed by atoms with Crippen LogP contribution in [0, 0.1) is 5.41 Å². The number of benzene rings is 1. The number of rotatable bonds is 6. The second-order valence-corrected chi connectivity index (χ2v) is 6.60. The number of hydrogen-bond acceptors (Lipinski definition) is 3. The quantitative estimate of drug-likeness (QED) is 0.673. The van der Waals surface area contributed by atoms with Gasteiger partial charge in [0.15, 0.2) is 17.3 Å². The maximum atomic E-state index is 12.9. The van der Waals surface area contributed by atoms with Crippen molar-refractivity contribution in [3.05, 3.63) is 22.2 Å². The van der Waals surface area contributed by atoms with Gasteiger partial charge in [0.1, 0.15) is 0 Å². The summed E-state index contributed by atoms with van der Waals surface area (Å²) < 4.78 is 12.0. The first-order chi connectivity index (χ1) is 10.0. The summed E-state index contributed by atoms with van der Waals surface area (Å²) >= 11 is 3.52. The zero-order chi connectivity index (χ0) is 15.5. The van der Waals surface area contributed by atoms with E-state index in [9.17, 15) is 4.79 Å². The number of hydrogen-bond donors (Lipinski definition) is 0. The van der Waals surface area contributed by atoms with E-state index in [1.54, 1.807) is 0 Å². The molecule has 3 nitrogen and oxygen atoms in total. The molecule has 0 amide bonds. The smallest absolute Gasteiger partial charge is 0.169 e. The van der Waals surface area contributed by atoms with E-state index in [0.29, 0.717) is 30.3 Å². The SMILES string of the molecule is CCOc1cc(Br)c(C(=O)C2(C)CCCC2)cc1OCC. The third kappa shape index (κ3) is 3.42. The topological polar surface area (TPSA) is 35.5 Å². The van der Waals surface area contributed by atoms with Crippen molar-refractivity contribution in [1.29, 1.82) is 0 Å². The van der Waals surface area contributed by atoms with E-state index in [1.807, 2.05) is 26.0 Å². The first kappa shape index (κ1) is 16.3. The Morgan fingerprint density at radius 3 is 2.19 bits per heavy atom. The average molecular weight is 355 g/mol. The van der Waals surface area contributed by atoms with Gasteiger partial charge in [-0.1, -0.05) is 19.8 Å². The fraction of sp³-hybridized carbons (Fsp3) is 0.588. The van der Waals surface area contributed by atoms with Crippen LogP contribution in [0.25, 0.3) is 0 Å². The van der Waals surface area contributed by atoms with Gasteiger partial charge < -0.3 is 9.47 Å². The van der Waals surface area contributed by atoms with Gasteiger partial charge in [-0.2, -0.15) is 0 Å². The van der Waals surface area contributed by atoms with Gasteiger partial charge in [-0.15, -0.1) is 0 Å². The highest BCUT2D eigenvalue weighted by molar-refractivity contribution is 9.10. The zero-order valence-electron chi connectivity index (χ0n) is 13.0. The molecule has 0 unspecified atom stereocenters. The average Bonchev–Trinajstić information content (AvgIpc) is 2.89. The summed E-state index contributed by atoms with van der Waals surface area (Å²) in [6, 6.07) is 3.67. The molecule has 0 aromatic heterocycles. The Hall–Kier alpha value is -1.03. The Balaban J connectivity index is 2.39. The van der Waals surface area contributed by atoms with Crippen LogP contribution in [0.4, 0.5) is 0 Å². The Morgan fingerprint density at radius 1 is 1.14 bits per heavy atom. The van der Waals surface area contributed by atoms with Gasteiger partial charge in [-0.05, 0) is 54.8 Å². The molecule has 116 valence electrons. The Morgan fingerprint density at radius 2 is 1.67 bits per heavy atom. The van der Waals surface area contributed by atoms with Gasteiger partial charge in [0.2, 0.25) is 0 Å². The van der Waals surface area contributed by atoms with Crippen LogP contribution >= 0.6 is 15.9 Å². The fourth-order valence-corrected chi connectivity index (χ4v) is 3.46. The molecule has 0 bridgehead atoms. The van der Waals surface area contributed by atoms with Crippen molar-refractivity contribution < 1.29 is 14.3 Å². The van der Waals surface area contributed by atoms with Crippen LogP contribution in [0.3, 0.4) is 0 Å². The number of ketones is 1. The van der Waals surface area contributed by atoms with E-state index in [2.05, 4.69) is 22.9 Å². The molecule has 4 heteroatoms. The molecule has 1 aliphatic carbocycles. The van der Waals surface area contributed by atoms with E-state index < -0.39 is 0 Å². The van der Waals surface area contributed by atoms with Crippen molar-refractivity contribution >= 4 is 21.7 Å². The van der Waals surface area contributed by atoms with Gasteiger partial charge in [0.05, 0.1) is 13.2 Å². The zero-order valence-corrected chi connectivity index (χ0v) is 14.6. The summed E-state index contributed by atoms with van der Waals surface area (Å²) in [4.78, 5) is 12.9. The number of halogens is 1. The Kier molecular flexibility index (Phi) is 5.31. The summed E-state index contributed by atoms with van der Waals surface area (Å²) in [7, 11) is 0. The van der Waals surface area contributed by atoms with E-state index in [-0.39, 0.29) is 11.2 Å². The lowest BCUT2D eigenvalue weighted by Gasteiger charge is -2.23. The molecule has 0 saturated heterocycles. The minimum atomic E-state index is -0.237. The lowest BCUT2D eigenvalue weighted by molar-refractivity contribution is 0.0822. The number of carbonyl (C=O) groups excluding carboxylic acids is 1. The summed E-state index contributed by atoms with van der Waals surface area (Å²) in [5, 5.41) is 0. The van der Waals surface area contributed by atoms with Gasteiger partial charge in [0, 0.05) is 15.5 Å². The highest BCUT2D eigenvalue weighted by Crippen LogP contribution is 2.43. The lowest BCUT2D eigenvalue weighted by Crippen LogP contribution is -2.24. The summed E-state index contributed by atoms with van der Waals surface area (Å²) in [6.07, 6.45) is 4.20. The number of ether oxygens (including phenoxy) is 2. The second kappa shape index (κ2) is 6.82. The van der Waals surface area contributed by atoms with E-state index >= 15 is 0 Å². The predicted molar refractivity (Wildman–Crippen MR) is 87.4 cm³/mol. The minimum Gasteiger partial charge on any atom is -0.490 e. The van der Waals surface area contributed by atoms with E-state index in [4.69, 9.17) is 9.47 Å². The van der Waals surface area contributed by atoms with Crippen LogP contribution in [0.2, 0.25) is 0 Å². The van der Waals surface area contributed by atoms with Crippen LogP contribution < -0.4 is 9.47 Å². The molecule has 0 aliphatic heterocycles. The van der Waals surface area contributed by atoms with Gasteiger partial charge >= 0.3 is 0 Å². The first-order valence-electron chi connectivity index (χ1n) is 7.65. The molecular weight excluding hydrogens is 332 g/mol. The van der Waals surface area contributed by atoms with Gasteiger partial charge in [0.25, 0.3) is 0 Å². The lowest BCUT2D eigenvalue weighted by atomic mass is 9.81. The molecule has 0 N–H and O–H groups in total. The fourth-order valence-electron chi connectivity index (χ4n) is 2.95. The van der Waals surface area contributed by atoms with Crippen LogP contribution in [-0.2, 0) is 0 Å². The monoisotopic (exact) mass is 354 g/mol. The predicted octanol–water partition coefficient (Wildman–Crippen LogP) is 5.01. The van der Waals surface area contributed by atoms with Crippen LogP contribution in [0.15, 0.2) is 16.6 Å². The van der Waals surface area contributed by atoms with Crippen molar-refractivity contribution in [2.24, 2.45) is 5.41 Å². The molecule has 1 aromatic carbocycles. The second-order valence-electron chi connectivity index (χ2n) is 5.74. The number of Topliss-reactive ketones (excluding diaryl/α,β-unsaturated/α-hetero) is 1. The van der Waals surface area contributed by atoms with E-state index in [0.717, 1.165) is 30.2 Å². The maximum Gasteiger partial charge on any atom is 0.169 e. The molecule has 0 radical (unpaired) electrons. The summed E-state index contributed by atoms with van der Waals surface area (Å²) in [5.41, 5.74) is 0.463. The molecule has 1 aromatic rings. The van der Waals surface area contributed by atoms with Gasteiger partial charge in [-0.3, -0.25) is 4.79 Å². The maximum absolute atomic E-state index is 12.9.